The Kier molecular flexibility index (Phi) is 5.88. The van der Waals surface area contributed by atoms with Crippen LogP contribution >= 0.6 is 0 Å². The number of hydrogen-bond acceptors (Lipinski definition) is 3. The van der Waals surface area contributed by atoms with Crippen molar-refractivity contribution in [2.45, 2.75) is 19.3 Å². The van der Waals surface area contributed by atoms with Gasteiger partial charge in [0.15, 0.2) is 23.3 Å². The SMILES string of the molecule is COc1cc(OC)c(/C=C2/C(=C/c3c(F)c(F)c(F)c(F)c3F)[C@H]3CC[C@@H]2C3)c(OC)c1. The molecule has 0 unspecified atom stereocenters. The number of halogens is 5. The highest BCUT2D eigenvalue weighted by molar-refractivity contribution is 5.75. The molecule has 8 heteroatoms. The number of ether oxygens (including phenoxy) is 3. The second-order valence-corrected chi connectivity index (χ2v) is 7.84. The Hall–Kier alpha value is -3.03. The smallest absolute Gasteiger partial charge is 0.200 e. The van der Waals surface area contributed by atoms with Gasteiger partial charge in [-0.15, -0.1) is 0 Å². The molecule has 0 amide bonds. The minimum atomic E-state index is -2.17. The van der Waals surface area contributed by atoms with Crippen molar-refractivity contribution in [2.24, 2.45) is 11.8 Å². The van der Waals surface area contributed by atoms with Crippen LogP contribution in [0.5, 0.6) is 17.2 Å². The predicted molar refractivity (Wildman–Crippen MR) is 109 cm³/mol. The Morgan fingerprint density at radius 3 is 1.53 bits per heavy atom. The molecule has 2 aliphatic rings. The summed E-state index contributed by atoms with van der Waals surface area (Å²) in [5.74, 6) is -8.23. The average Bonchev–Trinajstić information content (AvgIpc) is 3.41. The number of allylic oxidation sites excluding steroid dienone is 2. The fourth-order valence-corrected chi connectivity index (χ4v) is 4.65. The minimum Gasteiger partial charge on any atom is -0.496 e. The molecule has 2 bridgehead atoms. The first-order valence-corrected chi connectivity index (χ1v) is 10.1. The van der Waals surface area contributed by atoms with E-state index in [-0.39, 0.29) is 11.8 Å². The van der Waals surface area contributed by atoms with E-state index in [1.165, 1.54) is 21.3 Å². The second kappa shape index (κ2) is 8.48. The van der Waals surface area contributed by atoms with Crippen LogP contribution in [0.15, 0.2) is 23.3 Å². The predicted octanol–water partition coefficient (Wildman–Crippen LogP) is 6.30. The van der Waals surface area contributed by atoms with E-state index in [0.717, 1.165) is 30.9 Å². The van der Waals surface area contributed by atoms with E-state index in [2.05, 4.69) is 0 Å². The number of benzene rings is 2. The molecule has 2 aromatic carbocycles. The van der Waals surface area contributed by atoms with Crippen molar-refractivity contribution in [3.8, 4) is 17.2 Å². The Balaban J connectivity index is 1.89. The molecule has 170 valence electrons. The molecule has 0 saturated heterocycles. The summed E-state index contributed by atoms with van der Waals surface area (Å²) in [5.41, 5.74) is 1.00. The molecule has 0 N–H and O–H groups in total. The summed E-state index contributed by atoms with van der Waals surface area (Å²) in [6.45, 7) is 0. The fraction of sp³-hybridized carbons (Fsp3) is 0.333. The van der Waals surface area contributed by atoms with Gasteiger partial charge >= 0.3 is 0 Å². The van der Waals surface area contributed by atoms with Crippen LogP contribution in [0.2, 0.25) is 0 Å². The zero-order valence-corrected chi connectivity index (χ0v) is 17.7. The van der Waals surface area contributed by atoms with E-state index < -0.39 is 34.6 Å². The molecular formula is C24H21F5O3. The van der Waals surface area contributed by atoms with Gasteiger partial charge in [-0.2, -0.15) is 0 Å². The van der Waals surface area contributed by atoms with Crippen LogP contribution in [0.4, 0.5) is 22.0 Å². The number of fused-ring (bicyclic) bond motifs is 2. The molecule has 2 aromatic rings. The lowest BCUT2D eigenvalue weighted by molar-refractivity contribution is 0.374. The van der Waals surface area contributed by atoms with Gasteiger partial charge in [0.25, 0.3) is 0 Å². The summed E-state index contributed by atoms with van der Waals surface area (Å²) < 4.78 is 85.8. The lowest BCUT2D eigenvalue weighted by Gasteiger charge is -2.20. The summed E-state index contributed by atoms with van der Waals surface area (Å²) in [7, 11) is 4.48. The van der Waals surface area contributed by atoms with Gasteiger partial charge in [0.05, 0.1) is 32.5 Å². The van der Waals surface area contributed by atoms with Crippen LogP contribution in [-0.4, -0.2) is 21.3 Å². The van der Waals surface area contributed by atoms with Gasteiger partial charge in [-0.25, -0.2) is 22.0 Å². The van der Waals surface area contributed by atoms with Crippen molar-refractivity contribution < 1.29 is 36.2 Å². The van der Waals surface area contributed by atoms with E-state index in [1.54, 1.807) is 18.2 Å². The van der Waals surface area contributed by atoms with Crippen LogP contribution in [0.25, 0.3) is 12.2 Å². The Labute approximate surface area is 182 Å². The van der Waals surface area contributed by atoms with E-state index >= 15 is 0 Å². The highest BCUT2D eigenvalue weighted by Gasteiger charge is 2.40. The summed E-state index contributed by atoms with van der Waals surface area (Å²) in [4.78, 5) is 0. The fourth-order valence-electron chi connectivity index (χ4n) is 4.65. The van der Waals surface area contributed by atoms with Gasteiger partial charge in [0.1, 0.15) is 17.2 Å². The number of methoxy groups -OCH3 is 3. The summed E-state index contributed by atoms with van der Waals surface area (Å²) in [6.07, 6.45) is 5.28. The first-order chi connectivity index (χ1) is 15.3. The van der Waals surface area contributed by atoms with Gasteiger partial charge in [0, 0.05) is 12.1 Å². The third-order valence-corrected chi connectivity index (χ3v) is 6.24. The van der Waals surface area contributed by atoms with Gasteiger partial charge < -0.3 is 14.2 Å². The lowest BCUT2D eigenvalue weighted by atomic mass is 9.86. The van der Waals surface area contributed by atoms with Crippen molar-refractivity contribution in [2.75, 3.05) is 21.3 Å². The van der Waals surface area contributed by atoms with Crippen LogP contribution in [-0.2, 0) is 0 Å². The quantitative estimate of drug-likeness (QED) is 0.303. The molecule has 32 heavy (non-hydrogen) atoms. The molecular weight excluding hydrogens is 431 g/mol. The highest BCUT2D eigenvalue weighted by Crippen LogP contribution is 2.54. The monoisotopic (exact) mass is 452 g/mol. The summed E-state index contributed by atoms with van der Waals surface area (Å²) in [6, 6.07) is 3.35. The topological polar surface area (TPSA) is 27.7 Å². The van der Waals surface area contributed by atoms with Gasteiger partial charge in [-0.05, 0) is 54.4 Å². The van der Waals surface area contributed by atoms with Crippen LogP contribution in [0, 0.1) is 40.9 Å². The third kappa shape index (κ3) is 3.51. The van der Waals surface area contributed by atoms with Crippen LogP contribution in [0.3, 0.4) is 0 Å². The first-order valence-electron chi connectivity index (χ1n) is 10.1. The van der Waals surface area contributed by atoms with E-state index in [0.29, 0.717) is 28.4 Å². The molecule has 2 fully saturated rings. The summed E-state index contributed by atoms with van der Waals surface area (Å²) >= 11 is 0. The van der Waals surface area contributed by atoms with Crippen LogP contribution in [0.1, 0.15) is 30.4 Å². The number of rotatable bonds is 5. The van der Waals surface area contributed by atoms with Gasteiger partial charge in [-0.3, -0.25) is 0 Å². The molecule has 3 nitrogen and oxygen atoms in total. The Morgan fingerprint density at radius 1 is 0.656 bits per heavy atom. The average molecular weight is 452 g/mol. The maximum absolute atomic E-state index is 14.3. The molecule has 0 heterocycles. The molecule has 0 spiro atoms. The largest absolute Gasteiger partial charge is 0.496 e. The van der Waals surface area contributed by atoms with E-state index in [4.69, 9.17) is 14.2 Å². The zero-order chi connectivity index (χ0) is 23.2. The standard InChI is InChI=1S/C24H21F5O3/c1-30-13-7-18(31-2)16(19(8-13)32-3)9-14-11-4-5-12(6-11)15(14)10-17-20(25)22(27)24(29)23(28)21(17)26/h7-12H,4-6H2,1-3H3/b14-9+,15-10+/t11-,12+/m1/s1. The molecule has 0 aliphatic heterocycles. The maximum Gasteiger partial charge on any atom is 0.200 e. The van der Waals surface area contributed by atoms with Crippen molar-refractivity contribution >= 4 is 12.2 Å². The molecule has 2 saturated carbocycles. The summed E-state index contributed by atoms with van der Waals surface area (Å²) in [5, 5.41) is 0. The maximum atomic E-state index is 14.3. The first kappa shape index (κ1) is 22.2. The molecule has 0 radical (unpaired) electrons. The van der Waals surface area contributed by atoms with E-state index in [1.807, 2.05) is 0 Å². The Bertz CT molecular complexity index is 1080. The molecule has 0 aromatic heterocycles. The van der Waals surface area contributed by atoms with Crippen LogP contribution < -0.4 is 14.2 Å². The lowest BCUT2D eigenvalue weighted by Crippen LogP contribution is -2.07. The van der Waals surface area contributed by atoms with Gasteiger partial charge in [0.2, 0.25) is 5.82 Å². The molecule has 4 rings (SSSR count). The van der Waals surface area contributed by atoms with Crippen molar-refractivity contribution in [1.29, 1.82) is 0 Å². The highest BCUT2D eigenvalue weighted by atomic mass is 19.2. The Morgan fingerprint density at radius 2 is 1.09 bits per heavy atom. The van der Waals surface area contributed by atoms with Crippen molar-refractivity contribution in [3.05, 3.63) is 63.5 Å². The minimum absolute atomic E-state index is 0.0311. The third-order valence-electron chi connectivity index (χ3n) is 6.24. The van der Waals surface area contributed by atoms with Gasteiger partial charge in [-0.1, -0.05) is 0 Å². The zero-order valence-electron chi connectivity index (χ0n) is 17.7. The molecule has 2 aliphatic carbocycles. The normalized spacial score (nSPS) is 22.1. The second-order valence-electron chi connectivity index (χ2n) is 7.84. The number of hydrogen-bond donors (Lipinski definition) is 0. The van der Waals surface area contributed by atoms with Crippen molar-refractivity contribution in [3.63, 3.8) is 0 Å². The van der Waals surface area contributed by atoms with E-state index in [9.17, 15) is 22.0 Å². The molecule has 2 atom stereocenters. The van der Waals surface area contributed by atoms with Crippen molar-refractivity contribution in [1.82, 2.24) is 0 Å².